The number of Topliss-reactive ketones (excluding diaryl/α,β-unsaturated/α-hetero) is 1. The summed E-state index contributed by atoms with van der Waals surface area (Å²) in [7, 11) is 4.03. The molecular weight excluding hydrogens is 152 g/mol. The lowest BCUT2D eigenvalue weighted by atomic mass is 10.1. The second-order valence-electron chi connectivity index (χ2n) is 3.47. The molecule has 0 aliphatic carbocycles. The molecule has 68 valence electrons. The van der Waals surface area contributed by atoms with E-state index in [2.05, 4.69) is 9.80 Å². The quantitative estimate of drug-likeness (QED) is 0.575. The van der Waals surface area contributed by atoms with E-state index in [-0.39, 0.29) is 5.78 Å². The molecule has 0 aromatic rings. The molecule has 3 heteroatoms. The minimum Gasteiger partial charge on any atom is -0.365 e. The molecule has 1 aliphatic rings. The summed E-state index contributed by atoms with van der Waals surface area (Å²) in [6, 6.07) is 0. The molecule has 0 aromatic heterocycles. The van der Waals surface area contributed by atoms with Gasteiger partial charge in [0.05, 0.1) is 6.67 Å². The summed E-state index contributed by atoms with van der Waals surface area (Å²) in [6.45, 7) is 5.32. The number of carbonyl (C=O) groups is 1. The Labute approximate surface area is 73.6 Å². The van der Waals surface area contributed by atoms with Crippen LogP contribution in [0.3, 0.4) is 0 Å². The number of allylic oxidation sites excluding steroid dienone is 1. The van der Waals surface area contributed by atoms with Gasteiger partial charge >= 0.3 is 0 Å². The van der Waals surface area contributed by atoms with Crippen LogP contribution in [0.5, 0.6) is 0 Å². The Morgan fingerprint density at radius 1 is 1.42 bits per heavy atom. The third-order valence-electron chi connectivity index (χ3n) is 2.32. The van der Waals surface area contributed by atoms with Crippen LogP contribution in [0.25, 0.3) is 0 Å². The van der Waals surface area contributed by atoms with Crippen molar-refractivity contribution in [3.63, 3.8) is 0 Å². The topological polar surface area (TPSA) is 23.6 Å². The fourth-order valence-electron chi connectivity index (χ4n) is 1.50. The Balaban J connectivity index is 2.93. The molecule has 0 saturated carbocycles. The molecule has 0 fully saturated rings. The van der Waals surface area contributed by atoms with Crippen LogP contribution in [0.2, 0.25) is 0 Å². The minimum atomic E-state index is 0.186. The number of carbonyl (C=O) groups excluding carboxylic acids is 1. The van der Waals surface area contributed by atoms with Crippen molar-refractivity contribution in [2.45, 2.75) is 13.8 Å². The van der Waals surface area contributed by atoms with Crippen molar-refractivity contribution in [1.82, 2.24) is 9.80 Å². The molecule has 0 atom stereocenters. The largest absolute Gasteiger partial charge is 0.365 e. The molecule has 1 rings (SSSR count). The summed E-state index contributed by atoms with van der Waals surface area (Å²) in [5.41, 5.74) is 2.05. The zero-order chi connectivity index (χ0) is 9.30. The SMILES string of the molecule is CC(=O)C1=C(C)N(C)CN(C)C1. The van der Waals surface area contributed by atoms with E-state index >= 15 is 0 Å². The van der Waals surface area contributed by atoms with Crippen LogP contribution in [0, 0.1) is 0 Å². The predicted molar refractivity (Wildman–Crippen MR) is 48.6 cm³/mol. The third kappa shape index (κ3) is 1.67. The van der Waals surface area contributed by atoms with Crippen molar-refractivity contribution in [1.29, 1.82) is 0 Å². The van der Waals surface area contributed by atoms with Crippen molar-refractivity contribution in [3.05, 3.63) is 11.3 Å². The van der Waals surface area contributed by atoms with Gasteiger partial charge in [-0.2, -0.15) is 0 Å². The zero-order valence-corrected chi connectivity index (χ0v) is 8.22. The Bertz CT molecular complexity index is 233. The lowest BCUT2D eigenvalue weighted by molar-refractivity contribution is -0.114. The molecule has 0 amide bonds. The van der Waals surface area contributed by atoms with Crippen LogP contribution < -0.4 is 0 Å². The second kappa shape index (κ2) is 3.27. The summed E-state index contributed by atoms with van der Waals surface area (Å²) in [5, 5.41) is 0. The van der Waals surface area contributed by atoms with Gasteiger partial charge < -0.3 is 4.90 Å². The first-order valence-corrected chi connectivity index (χ1v) is 4.12. The highest BCUT2D eigenvalue weighted by atomic mass is 16.1. The van der Waals surface area contributed by atoms with Gasteiger partial charge in [-0.15, -0.1) is 0 Å². The molecule has 1 aliphatic heterocycles. The summed E-state index contributed by atoms with van der Waals surface area (Å²) in [5.74, 6) is 0.186. The van der Waals surface area contributed by atoms with Crippen molar-refractivity contribution in [3.8, 4) is 0 Å². The monoisotopic (exact) mass is 168 g/mol. The lowest BCUT2D eigenvalue weighted by Crippen LogP contribution is -2.40. The van der Waals surface area contributed by atoms with E-state index < -0.39 is 0 Å². The molecule has 0 N–H and O–H groups in total. The van der Waals surface area contributed by atoms with Crippen LogP contribution in [0.15, 0.2) is 11.3 Å². The molecule has 0 saturated heterocycles. The van der Waals surface area contributed by atoms with Crippen LogP contribution in [0.4, 0.5) is 0 Å². The van der Waals surface area contributed by atoms with E-state index in [4.69, 9.17) is 0 Å². The maximum atomic E-state index is 11.2. The lowest BCUT2D eigenvalue weighted by Gasteiger charge is -2.33. The summed E-state index contributed by atoms with van der Waals surface area (Å²) in [6.07, 6.45) is 0. The van der Waals surface area contributed by atoms with Crippen molar-refractivity contribution >= 4 is 5.78 Å². The average molecular weight is 168 g/mol. The zero-order valence-electron chi connectivity index (χ0n) is 8.22. The molecule has 3 nitrogen and oxygen atoms in total. The summed E-state index contributed by atoms with van der Waals surface area (Å²) < 4.78 is 0. The van der Waals surface area contributed by atoms with Crippen molar-refractivity contribution in [2.75, 3.05) is 27.3 Å². The smallest absolute Gasteiger partial charge is 0.158 e. The number of nitrogens with zero attached hydrogens (tertiary/aromatic N) is 2. The van der Waals surface area contributed by atoms with Gasteiger partial charge in [-0.25, -0.2) is 0 Å². The van der Waals surface area contributed by atoms with Crippen LogP contribution in [-0.2, 0) is 4.79 Å². The highest BCUT2D eigenvalue weighted by molar-refractivity contribution is 5.94. The van der Waals surface area contributed by atoms with E-state index in [0.29, 0.717) is 0 Å². The first-order chi connectivity index (χ1) is 5.52. The Morgan fingerprint density at radius 2 is 2.00 bits per heavy atom. The number of hydrogen-bond acceptors (Lipinski definition) is 3. The second-order valence-corrected chi connectivity index (χ2v) is 3.47. The maximum absolute atomic E-state index is 11.2. The molecular formula is C9H16N2O. The van der Waals surface area contributed by atoms with Gasteiger partial charge in [-0.05, 0) is 20.9 Å². The van der Waals surface area contributed by atoms with Crippen LogP contribution >= 0.6 is 0 Å². The number of likely N-dealkylation sites (N-methyl/N-ethyl adjacent to an activating group) is 1. The highest BCUT2D eigenvalue weighted by Gasteiger charge is 2.19. The van der Waals surface area contributed by atoms with E-state index in [0.717, 1.165) is 24.5 Å². The fraction of sp³-hybridized carbons (Fsp3) is 0.667. The Hall–Kier alpha value is -0.830. The first-order valence-electron chi connectivity index (χ1n) is 4.12. The van der Waals surface area contributed by atoms with E-state index in [1.165, 1.54) is 0 Å². The third-order valence-corrected chi connectivity index (χ3v) is 2.32. The van der Waals surface area contributed by atoms with E-state index in [9.17, 15) is 4.79 Å². The van der Waals surface area contributed by atoms with Gasteiger partial charge in [0.15, 0.2) is 5.78 Å². The predicted octanol–water partition coefficient (Wildman–Crippen LogP) is 0.684. The van der Waals surface area contributed by atoms with Gasteiger partial charge in [0.1, 0.15) is 0 Å². The van der Waals surface area contributed by atoms with E-state index in [1.54, 1.807) is 6.92 Å². The summed E-state index contributed by atoms with van der Waals surface area (Å²) >= 11 is 0. The van der Waals surface area contributed by atoms with Gasteiger partial charge in [-0.1, -0.05) is 0 Å². The van der Waals surface area contributed by atoms with Gasteiger partial charge in [0, 0.05) is 24.9 Å². The van der Waals surface area contributed by atoms with E-state index in [1.807, 2.05) is 21.0 Å². The van der Waals surface area contributed by atoms with Crippen molar-refractivity contribution in [2.24, 2.45) is 0 Å². The maximum Gasteiger partial charge on any atom is 0.158 e. The number of rotatable bonds is 1. The number of hydrogen-bond donors (Lipinski definition) is 0. The Kier molecular flexibility index (Phi) is 2.52. The first kappa shape index (κ1) is 9.26. The molecule has 0 spiro atoms. The molecule has 0 unspecified atom stereocenters. The minimum absolute atomic E-state index is 0.186. The van der Waals surface area contributed by atoms with Gasteiger partial charge in [-0.3, -0.25) is 9.69 Å². The van der Waals surface area contributed by atoms with Crippen LogP contribution in [0.1, 0.15) is 13.8 Å². The van der Waals surface area contributed by atoms with Gasteiger partial charge in [0.25, 0.3) is 0 Å². The normalized spacial score (nSPS) is 20.2. The van der Waals surface area contributed by atoms with Crippen molar-refractivity contribution < 1.29 is 4.79 Å². The average Bonchev–Trinajstić information content (AvgIpc) is 1.96. The molecule has 0 radical (unpaired) electrons. The van der Waals surface area contributed by atoms with Gasteiger partial charge in [0.2, 0.25) is 0 Å². The number of ketones is 1. The standard InChI is InChI=1S/C9H16N2O/c1-7-9(8(2)12)5-10(3)6-11(7)4/h5-6H2,1-4H3. The molecule has 0 aromatic carbocycles. The fourth-order valence-corrected chi connectivity index (χ4v) is 1.50. The molecule has 12 heavy (non-hydrogen) atoms. The summed E-state index contributed by atoms with van der Waals surface area (Å²) in [4.78, 5) is 15.4. The molecule has 0 bridgehead atoms. The highest BCUT2D eigenvalue weighted by Crippen LogP contribution is 2.15. The molecule has 1 heterocycles. The van der Waals surface area contributed by atoms with Crippen LogP contribution in [-0.4, -0.2) is 42.9 Å². The Morgan fingerprint density at radius 3 is 2.50 bits per heavy atom.